The molecule has 0 radical (unpaired) electrons. The lowest BCUT2D eigenvalue weighted by Gasteiger charge is -2.07. The summed E-state index contributed by atoms with van der Waals surface area (Å²) in [6.45, 7) is 0.284. The molecule has 0 fully saturated rings. The number of H-pyrrole nitrogens is 1. The number of rotatable bonds is 4. The van der Waals surface area contributed by atoms with Crippen LogP contribution in [-0.2, 0) is 13.6 Å². The number of hydrogen-bond acceptors (Lipinski definition) is 4. The van der Waals surface area contributed by atoms with Crippen LogP contribution in [0.15, 0.2) is 55.1 Å². The van der Waals surface area contributed by atoms with E-state index in [1.807, 2.05) is 43.6 Å². The summed E-state index contributed by atoms with van der Waals surface area (Å²) in [5.74, 6) is -0.181. The van der Waals surface area contributed by atoms with E-state index in [4.69, 9.17) is 0 Å². The lowest BCUT2D eigenvalue weighted by atomic mass is 10.2. The van der Waals surface area contributed by atoms with E-state index in [2.05, 4.69) is 25.4 Å². The average molecular weight is 332 g/mol. The summed E-state index contributed by atoms with van der Waals surface area (Å²) < 4.78 is 1.71. The Balaban J connectivity index is 1.54. The molecule has 0 aliphatic heterocycles. The van der Waals surface area contributed by atoms with Crippen molar-refractivity contribution in [2.75, 3.05) is 0 Å². The highest BCUT2D eigenvalue weighted by atomic mass is 16.1. The SMILES string of the molecule is Cn1cc(-c2nccnc2CNC(=O)c2cc3ccccc3[nH]2)cn1. The second-order valence-corrected chi connectivity index (χ2v) is 5.71. The van der Waals surface area contributed by atoms with Crippen LogP contribution in [0.25, 0.3) is 22.2 Å². The standard InChI is InChI=1S/C18H16N6O/c1-24-11-13(9-22-24)17-16(19-6-7-20-17)10-21-18(25)15-8-12-4-2-3-5-14(12)23-15/h2-9,11,23H,10H2,1H3,(H,21,25). The van der Waals surface area contributed by atoms with E-state index in [0.717, 1.165) is 16.5 Å². The minimum absolute atomic E-state index is 0.181. The van der Waals surface area contributed by atoms with Crippen molar-refractivity contribution in [2.45, 2.75) is 6.54 Å². The molecule has 1 amide bonds. The maximum Gasteiger partial charge on any atom is 0.268 e. The van der Waals surface area contributed by atoms with E-state index in [9.17, 15) is 4.79 Å². The number of nitrogens with zero attached hydrogens (tertiary/aromatic N) is 4. The molecule has 25 heavy (non-hydrogen) atoms. The van der Waals surface area contributed by atoms with Crippen molar-refractivity contribution in [2.24, 2.45) is 7.05 Å². The van der Waals surface area contributed by atoms with Crippen molar-refractivity contribution in [1.82, 2.24) is 30.0 Å². The first-order chi connectivity index (χ1) is 12.2. The third-order valence-electron chi connectivity index (χ3n) is 3.94. The summed E-state index contributed by atoms with van der Waals surface area (Å²) in [5, 5.41) is 8.05. The zero-order valence-electron chi connectivity index (χ0n) is 13.6. The van der Waals surface area contributed by atoms with Crippen LogP contribution < -0.4 is 5.32 Å². The fraction of sp³-hybridized carbons (Fsp3) is 0.111. The molecule has 0 bridgehead atoms. The van der Waals surface area contributed by atoms with Gasteiger partial charge in [0.1, 0.15) is 5.69 Å². The molecule has 3 heterocycles. The Morgan fingerprint density at radius 1 is 1.24 bits per heavy atom. The molecule has 7 heteroatoms. The average Bonchev–Trinajstić information content (AvgIpc) is 3.26. The van der Waals surface area contributed by atoms with Gasteiger partial charge < -0.3 is 10.3 Å². The Bertz CT molecular complexity index is 1020. The second kappa shape index (κ2) is 6.20. The summed E-state index contributed by atoms with van der Waals surface area (Å²) >= 11 is 0. The quantitative estimate of drug-likeness (QED) is 0.600. The summed E-state index contributed by atoms with van der Waals surface area (Å²) in [7, 11) is 1.84. The number of benzene rings is 1. The van der Waals surface area contributed by atoms with Gasteiger partial charge in [0, 0.05) is 42.1 Å². The Labute approximate surface area is 143 Å². The third-order valence-corrected chi connectivity index (χ3v) is 3.94. The maximum atomic E-state index is 12.4. The summed E-state index contributed by atoms with van der Waals surface area (Å²) in [6, 6.07) is 9.61. The van der Waals surface area contributed by atoms with Gasteiger partial charge in [-0.1, -0.05) is 18.2 Å². The Hall–Kier alpha value is -3.48. The van der Waals surface area contributed by atoms with Crippen LogP contribution >= 0.6 is 0 Å². The molecule has 0 saturated carbocycles. The third kappa shape index (κ3) is 2.99. The molecule has 7 nitrogen and oxygen atoms in total. The van der Waals surface area contributed by atoms with Crippen LogP contribution in [-0.4, -0.2) is 30.6 Å². The van der Waals surface area contributed by atoms with Gasteiger partial charge in [0.15, 0.2) is 0 Å². The Morgan fingerprint density at radius 2 is 2.08 bits per heavy atom. The van der Waals surface area contributed by atoms with Gasteiger partial charge in [-0.15, -0.1) is 0 Å². The number of aromatic amines is 1. The summed E-state index contributed by atoms with van der Waals surface area (Å²) in [5.41, 5.74) is 3.73. The van der Waals surface area contributed by atoms with Crippen molar-refractivity contribution in [3.63, 3.8) is 0 Å². The van der Waals surface area contributed by atoms with Crippen molar-refractivity contribution >= 4 is 16.8 Å². The molecule has 4 aromatic rings. The number of nitrogens with one attached hydrogen (secondary N) is 2. The smallest absolute Gasteiger partial charge is 0.268 e. The molecular formula is C18H16N6O. The molecule has 0 atom stereocenters. The molecule has 1 aromatic carbocycles. The van der Waals surface area contributed by atoms with Gasteiger partial charge in [-0.05, 0) is 12.1 Å². The number of aromatic nitrogens is 5. The van der Waals surface area contributed by atoms with Gasteiger partial charge in [-0.3, -0.25) is 19.4 Å². The molecule has 0 aliphatic rings. The first-order valence-electron chi connectivity index (χ1n) is 7.85. The number of carbonyl (C=O) groups is 1. The van der Waals surface area contributed by atoms with E-state index >= 15 is 0 Å². The van der Waals surface area contributed by atoms with Crippen molar-refractivity contribution < 1.29 is 4.79 Å². The zero-order valence-corrected chi connectivity index (χ0v) is 13.6. The van der Waals surface area contributed by atoms with Crippen LogP contribution in [0.3, 0.4) is 0 Å². The van der Waals surface area contributed by atoms with Crippen molar-refractivity contribution in [3.8, 4) is 11.3 Å². The van der Waals surface area contributed by atoms with E-state index in [1.54, 1.807) is 23.3 Å². The number of aryl methyl sites for hydroxylation is 1. The predicted molar refractivity (Wildman–Crippen MR) is 93.7 cm³/mol. The van der Waals surface area contributed by atoms with E-state index in [-0.39, 0.29) is 12.5 Å². The molecule has 0 spiro atoms. The van der Waals surface area contributed by atoms with Gasteiger partial charge in [0.2, 0.25) is 0 Å². The molecule has 2 N–H and O–H groups in total. The molecule has 0 saturated heterocycles. The minimum Gasteiger partial charge on any atom is -0.351 e. The Kier molecular flexibility index (Phi) is 3.74. The molecule has 4 rings (SSSR count). The minimum atomic E-state index is -0.181. The molecule has 3 aromatic heterocycles. The molecule has 0 aliphatic carbocycles. The van der Waals surface area contributed by atoms with Crippen molar-refractivity contribution in [3.05, 3.63) is 66.5 Å². The fourth-order valence-corrected chi connectivity index (χ4v) is 2.74. The highest BCUT2D eigenvalue weighted by Gasteiger charge is 2.13. The van der Waals surface area contributed by atoms with Crippen molar-refractivity contribution in [1.29, 1.82) is 0 Å². The summed E-state index contributed by atoms with van der Waals surface area (Å²) in [6.07, 6.45) is 6.84. The second-order valence-electron chi connectivity index (χ2n) is 5.71. The largest absolute Gasteiger partial charge is 0.351 e. The monoisotopic (exact) mass is 332 g/mol. The summed E-state index contributed by atoms with van der Waals surface area (Å²) in [4.78, 5) is 24.3. The van der Waals surface area contributed by atoms with Crippen LogP contribution in [0.2, 0.25) is 0 Å². The lowest BCUT2D eigenvalue weighted by molar-refractivity contribution is 0.0946. The number of carbonyl (C=O) groups excluding carboxylic acids is 1. The fourth-order valence-electron chi connectivity index (χ4n) is 2.74. The predicted octanol–water partition coefficient (Wildman–Crippen LogP) is 2.29. The number of amides is 1. The van der Waals surface area contributed by atoms with Crippen LogP contribution in [0.5, 0.6) is 0 Å². The Morgan fingerprint density at radius 3 is 2.88 bits per heavy atom. The van der Waals surface area contributed by atoms with Crippen LogP contribution in [0.4, 0.5) is 0 Å². The normalized spacial score (nSPS) is 10.9. The zero-order chi connectivity index (χ0) is 17.2. The van der Waals surface area contributed by atoms with Gasteiger partial charge in [-0.2, -0.15) is 5.10 Å². The first kappa shape index (κ1) is 15.1. The first-order valence-corrected chi connectivity index (χ1v) is 7.85. The van der Waals surface area contributed by atoms with Gasteiger partial charge in [-0.25, -0.2) is 0 Å². The van der Waals surface area contributed by atoms with Crippen LogP contribution in [0, 0.1) is 0 Å². The van der Waals surface area contributed by atoms with E-state index in [0.29, 0.717) is 17.1 Å². The lowest BCUT2D eigenvalue weighted by Crippen LogP contribution is -2.24. The highest BCUT2D eigenvalue weighted by Crippen LogP contribution is 2.19. The maximum absolute atomic E-state index is 12.4. The highest BCUT2D eigenvalue weighted by molar-refractivity contribution is 5.97. The number of hydrogen-bond donors (Lipinski definition) is 2. The van der Waals surface area contributed by atoms with Crippen LogP contribution in [0.1, 0.15) is 16.2 Å². The topological polar surface area (TPSA) is 88.5 Å². The molecular weight excluding hydrogens is 316 g/mol. The van der Waals surface area contributed by atoms with E-state index < -0.39 is 0 Å². The molecule has 124 valence electrons. The van der Waals surface area contributed by atoms with E-state index in [1.165, 1.54) is 0 Å². The number of fused-ring (bicyclic) bond motifs is 1. The van der Waals surface area contributed by atoms with Gasteiger partial charge in [0.05, 0.1) is 24.1 Å². The molecule has 0 unspecified atom stereocenters. The van der Waals surface area contributed by atoms with Gasteiger partial charge in [0.25, 0.3) is 5.91 Å². The number of para-hydroxylation sites is 1. The van der Waals surface area contributed by atoms with Gasteiger partial charge >= 0.3 is 0 Å².